The fraction of sp³-hybridized carbons (Fsp3) is 0.440. The predicted molar refractivity (Wildman–Crippen MR) is 135 cm³/mol. The molecule has 2 atom stereocenters. The monoisotopic (exact) mass is 411 g/mol. The molecule has 1 nitrogen and oxygen atoms in total. The molecule has 0 spiro atoms. The molecule has 0 radical (unpaired) electrons. The Hall–Kier alpha value is -1.43. The molecule has 1 saturated heterocycles. The van der Waals surface area contributed by atoms with Gasteiger partial charge < -0.3 is 0 Å². The lowest BCUT2D eigenvalue weighted by Crippen LogP contribution is -2.60. The molecule has 1 aliphatic rings. The smallest absolute Gasteiger partial charge is 0.0840 e. The molecule has 0 saturated carbocycles. The first-order valence-corrected chi connectivity index (χ1v) is 16.0. The molecule has 0 amide bonds. The molecule has 1 heterocycles. The Balaban J connectivity index is 3.45. The predicted octanol–water partition coefficient (Wildman–Crippen LogP) is 7.10. The second kappa shape index (κ2) is 12.2. The third-order valence-electron chi connectivity index (χ3n) is 6.57. The molecule has 0 aliphatic carbocycles. The van der Waals surface area contributed by atoms with E-state index in [-0.39, 0.29) is 0 Å². The lowest BCUT2D eigenvalue weighted by atomic mass is 10.4. The first kappa shape index (κ1) is 24.6. The van der Waals surface area contributed by atoms with Crippen molar-refractivity contribution in [2.45, 2.75) is 60.4 Å². The van der Waals surface area contributed by atoms with Gasteiger partial charge in [0, 0.05) is 17.9 Å². The van der Waals surface area contributed by atoms with Crippen molar-refractivity contribution in [3.63, 3.8) is 0 Å². The summed E-state index contributed by atoms with van der Waals surface area (Å²) in [6.45, 7) is 29.7. The minimum atomic E-state index is -1.68. The maximum Gasteiger partial charge on any atom is 0.0840 e. The van der Waals surface area contributed by atoms with E-state index in [1.165, 1.54) is 12.8 Å². The Bertz CT molecular complexity index is 478. The zero-order chi connectivity index (χ0) is 21.0. The molecule has 0 bridgehead atoms. The maximum absolute atomic E-state index is 4.10. The van der Waals surface area contributed by atoms with Crippen molar-refractivity contribution < 1.29 is 0 Å². The van der Waals surface area contributed by atoms with Crippen molar-refractivity contribution in [3.8, 4) is 0 Å². The van der Waals surface area contributed by atoms with Crippen LogP contribution in [-0.4, -0.2) is 38.9 Å². The van der Waals surface area contributed by atoms with Crippen LogP contribution in [0.25, 0.3) is 0 Å². The largest absolute Gasteiger partial charge is 0.299 e. The number of hydrogen-bond acceptors (Lipinski definition) is 1. The van der Waals surface area contributed by atoms with Crippen molar-refractivity contribution in [2.75, 3.05) is 6.54 Å². The van der Waals surface area contributed by atoms with Gasteiger partial charge in [-0.2, -0.15) is 0 Å². The van der Waals surface area contributed by atoms with Crippen molar-refractivity contribution >= 4 is 16.1 Å². The Morgan fingerprint density at radius 2 is 0.821 bits per heavy atom. The molecule has 0 N–H and O–H groups in total. The SMILES string of the molecule is C=CCN1C([Si](CC=C)(CC=C)CC=C)CCC1[Si](CC=C)(CC=C)CC=C. The van der Waals surface area contributed by atoms with Gasteiger partial charge in [0.25, 0.3) is 0 Å². The third-order valence-corrected chi connectivity index (χ3v) is 17.3. The van der Waals surface area contributed by atoms with Crippen molar-refractivity contribution in [2.24, 2.45) is 0 Å². The quantitative estimate of drug-likeness (QED) is 0.193. The van der Waals surface area contributed by atoms with Crippen LogP contribution in [0.5, 0.6) is 0 Å². The molecule has 0 aromatic heterocycles. The summed E-state index contributed by atoms with van der Waals surface area (Å²) in [4.78, 5) is 2.82. The summed E-state index contributed by atoms with van der Waals surface area (Å²) in [6, 6.07) is 6.72. The van der Waals surface area contributed by atoms with Crippen LogP contribution < -0.4 is 0 Å². The van der Waals surface area contributed by atoms with E-state index < -0.39 is 16.1 Å². The van der Waals surface area contributed by atoms with E-state index >= 15 is 0 Å². The summed E-state index contributed by atoms with van der Waals surface area (Å²) in [5.74, 6) is 0. The van der Waals surface area contributed by atoms with Crippen molar-refractivity contribution in [3.05, 3.63) is 88.6 Å². The lowest BCUT2D eigenvalue weighted by Gasteiger charge is -2.46. The Kier molecular flexibility index (Phi) is 10.7. The van der Waals surface area contributed by atoms with Crippen LogP contribution in [-0.2, 0) is 0 Å². The summed E-state index contributed by atoms with van der Waals surface area (Å²) in [6.07, 6.45) is 17.5. The van der Waals surface area contributed by atoms with Gasteiger partial charge in [0.15, 0.2) is 0 Å². The average molecular weight is 412 g/mol. The van der Waals surface area contributed by atoms with Gasteiger partial charge in [-0.1, -0.05) is 42.5 Å². The molecule has 3 heteroatoms. The van der Waals surface area contributed by atoms with Crippen LogP contribution in [0.1, 0.15) is 12.8 Å². The van der Waals surface area contributed by atoms with E-state index in [0.29, 0.717) is 11.3 Å². The maximum atomic E-state index is 4.10. The van der Waals surface area contributed by atoms with Gasteiger partial charge >= 0.3 is 0 Å². The zero-order valence-electron chi connectivity index (χ0n) is 18.0. The summed E-state index contributed by atoms with van der Waals surface area (Å²) >= 11 is 0. The minimum Gasteiger partial charge on any atom is -0.299 e. The van der Waals surface area contributed by atoms with Gasteiger partial charge in [0.2, 0.25) is 0 Å². The Morgan fingerprint density at radius 3 is 1.04 bits per heavy atom. The standard InChI is InChI=1S/C25H41NSi2/c1-8-17-26-24(27(18-9-2,19-10-3)20-11-4)15-16-25(26)28(21-12-5,22-13-6)23-14-7/h8-14,24-25H,1-7,15-23H2. The molecular formula is C25H41NSi2. The van der Waals surface area contributed by atoms with Gasteiger partial charge in [0.05, 0.1) is 16.1 Å². The topological polar surface area (TPSA) is 3.24 Å². The number of allylic oxidation sites excluding steroid dienone is 6. The Labute approximate surface area is 176 Å². The molecule has 1 aliphatic heterocycles. The number of likely N-dealkylation sites (tertiary alicyclic amines) is 1. The normalized spacial score (nSPS) is 20.3. The third kappa shape index (κ3) is 5.34. The number of rotatable bonds is 16. The molecule has 2 unspecified atom stereocenters. The fourth-order valence-corrected chi connectivity index (χ4v) is 15.4. The van der Waals surface area contributed by atoms with Crippen LogP contribution in [0.4, 0.5) is 0 Å². The molecule has 0 aromatic carbocycles. The van der Waals surface area contributed by atoms with Crippen LogP contribution >= 0.6 is 0 Å². The van der Waals surface area contributed by atoms with Gasteiger partial charge in [-0.15, -0.1) is 46.1 Å². The van der Waals surface area contributed by atoms with E-state index in [1.54, 1.807) is 0 Å². The van der Waals surface area contributed by atoms with Gasteiger partial charge in [0.1, 0.15) is 0 Å². The highest BCUT2D eigenvalue weighted by molar-refractivity contribution is 6.84. The highest BCUT2D eigenvalue weighted by atomic mass is 28.3. The van der Waals surface area contributed by atoms with Crippen LogP contribution in [0.2, 0.25) is 36.3 Å². The van der Waals surface area contributed by atoms with E-state index in [1.807, 2.05) is 0 Å². The van der Waals surface area contributed by atoms with E-state index in [0.717, 1.165) is 42.8 Å². The zero-order valence-corrected chi connectivity index (χ0v) is 20.0. The summed E-state index contributed by atoms with van der Waals surface area (Å²) in [7, 11) is -3.37. The second-order valence-corrected chi connectivity index (χ2v) is 17.5. The minimum absolute atomic E-state index is 0.621. The number of nitrogens with zero attached hydrogens (tertiary/aromatic N) is 1. The van der Waals surface area contributed by atoms with Gasteiger partial charge in [-0.25, -0.2) is 0 Å². The van der Waals surface area contributed by atoms with Crippen LogP contribution in [0.3, 0.4) is 0 Å². The van der Waals surface area contributed by atoms with E-state index in [9.17, 15) is 0 Å². The second-order valence-electron chi connectivity index (χ2n) is 8.28. The van der Waals surface area contributed by atoms with Crippen LogP contribution in [0, 0.1) is 0 Å². The first-order valence-electron chi connectivity index (χ1n) is 10.6. The molecular weight excluding hydrogens is 370 g/mol. The molecule has 154 valence electrons. The van der Waals surface area contributed by atoms with Crippen molar-refractivity contribution in [1.29, 1.82) is 0 Å². The van der Waals surface area contributed by atoms with Gasteiger partial charge in [-0.3, -0.25) is 4.90 Å². The van der Waals surface area contributed by atoms with E-state index in [2.05, 4.69) is 93.5 Å². The highest BCUT2D eigenvalue weighted by Gasteiger charge is 2.52. The molecule has 1 fully saturated rings. The summed E-state index contributed by atoms with van der Waals surface area (Å²) < 4.78 is 0. The number of hydrogen-bond donors (Lipinski definition) is 0. The van der Waals surface area contributed by atoms with E-state index in [4.69, 9.17) is 0 Å². The highest BCUT2D eigenvalue weighted by Crippen LogP contribution is 2.43. The first-order chi connectivity index (χ1) is 13.5. The average Bonchev–Trinajstić information content (AvgIpc) is 3.08. The van der Waals surface area contributed by atoms with Crippen LogP contribution in [0.15, 0.2) is 88.6 Å². The molecule has 1 rings (SSSR count). The molecule has 0 aromatic rings. The van der Waals surface area contributed by atoms with Crippen molar-refractivity contribution in [1.82, 2.24) is 4.90 Å². The summed E-state index contributed by atoms with van der Waals surface area (Å²) in [5, 5.41) is 0. The van der Waals surface area contributed by atoms with Gasteiger partial charge in [-0.05, 0) is 49.1 Å². The Morgan fingerprint density at radius 1 is 0.536 bits per heavy atom. The lowest BCUT2D eigenvalue weighted by molar-refractivity contribution is 0.300. The summed E-state index contributed by atoms with van der Waals surface area (Å²) in [5.41, 5.74) is 1.24. The fourth-order valence-electron chi connectivity index (χ4n) is 5.63. The molecule has 28 heavy (non-hydrogen) atoms.